The van der Waals surface area contributed by atoms with Crippen molar-refractivity contribution >= 4 is 5.78 Å². The van der Waals surface area contributed by atoms with E-state index < -0.39 is 0 Å². The number of Topliss-reactive ketones (excluding diaryl/α,β-unsaturated/α-hetero) is 1. The Kier molecular flexibility index (Phi) is 3.95. The van der Waals surface area contributed by atoms with Crippen LogP contribution < -0.4 is 4.74 Å². The first kappa shape index (κ1) is 13.3. The van der Waals surface area contributed by atoms with Crippen LogP contribution in [0.25, 0.3) is 0 Å². The SMILES string of the molecule is CC(=O)c1cccc(OCc2cc(F)ccc2C)c1. The van der Waals surface area contributed by atoms with Gasteiger partial charge >= 0.3 is 0 Å². The van der Waals surface area contributed by atoms with Crippen molar-refractivity contribution in [1.82, 2.24) is 0 Å². The maximum atomic E-state index is 13.1. The maximum Gasteiger partial charge on any atom is 0.159 e. The van der Waals surface area contributed by atoms with Crippen molar-refractivity contribution in [3.63, 3.8) is 0 Å². The van der Waals surface area contributed by atoms with Crippen LogP contribution in [0.5, 0.6) is 5.75 Å². The average molecular weight is 258 g/mol. The Morgan fingerprint density at radius 1 is 1.21 bits per heavy atom. The molecule has 0 aliphatic carbocycles. The Morgan fingerprint density at radius 3 is 2.74 bits per heavy atom. The number of benzene rings is 2. The molecule has 0 fully saturated rings. The number of rotatable bonds is 4. The van der Waals surface area contributed by atoms with Crippen LogP contribution in [-0.2, 0) is 6.61 Å². The lowest BCUT2D eigenvalue weighted by Gasteiger charge is -2.09. The van der Waals surface area contributed by atoms with E-state index in [1.165, 1.54) is 19.1 Å². The zero-order valence-corrected chi connectivity index (χ0v) is 10.9. The molecule has 2 aromatic carbocycles. The van der Waals surface area contributed by atoms with Crippen molar-refractivity contribution in [3.05, 3.63) is 65.0 Å². The molecule has 2 rings (SSSR count). The Balaban J connectivity index is 2.12. The Bertz CT molecular complexity index is 605. The van der Waals surface area contributed by atoms with E-state index in [1.54, 1.807) is 30.3 Å². The van der Waals surface area contributed by atoms with Gasteiger partial charge in [-0.3, -0.25) is 4.79 Å². The van der Waals surface area contributed by atoms with E-state index in [1.807, 2.05) is 6.92 Å². The van der Waals surface area contributed by atoms with Gasteiger partial charge in [0, 0.05) is 5.56 Å². The first-order valence-electron chi connectivity index (χ1n) is 6.05. The second-order valence-corrected chi connectivity index (χ2v) is 4.44. The van der Waals surface area contributed by atoms with Gasteiger partial charge in [0.05, 0.1) is 0 Å². The van der Waals surface area contributed by atoms with Crippen LogP contribution in [0.2, 0.25) is 0 Å². The summed E-state index contributed by atoms with van der Waals surface area (Å²) < 4.78 is 18.7. The minimum atomic E-state index is -0.276. The van der Waals surface area contributed by atoms with Crippen LogP contribution in [0.3, 0.4) is 0 Å². The summed E-state index contributed by atoms with van der Waals surface area (Å²) >= 11 is 0. The third-order valence-corrected chi connectivity index (χ3v) is 2.95. The normalized spacial score (nSPS) is 10.3. The van der Waals surface area contributed by atoms with Crippen molar-refractivity contribution in [2.24, 2.45) is 0 Å². The number of aryl methyl sites for hydroxylation is 1. The molecule has 0 bridgehead atoms. The molecule has 2 aromatic rings. The smallest absolute Gasteiger partial charge is 0.159 e. The van der Waals surface area contributed by atoms with Gasteiger partial charge in [0.25, 0.3) is 0 Å². The third-order valence-electron chi connectivity index (χ3n) is 2.95. The van der Waals surface area contributed by atoms with Crippen molar-refractivity contribution in [3.8, 4) is 5.75 Å². The van der Waals surface area contributed by atoms with Crippen LogP contribution in [0, 0.1) is 12.7 Å². The number of hydrogen-bond acceptors (Lipinski definition) is 2. The molecule has 0 aliphatic heterocycles. The van der Waals surface area contributed by atoms with Gasteiger partial charge in [-0.1, -0.05) is 18.2 Å². The van der Waals surface area contributed by atoms with Gasteiger partial charge in [-0.15, -0.1) is 0 Å². The topological polar surface area (TPSA) is 26.3 Å². The lowest BCUT2D eigenvalue weighted by atomic mass is 10.1. The molecule has 3 heteroatoms. The molecule has 0 heterocycles. The Morgan fingerprint density at radius 2 is 2.00 bits per heavy atom. The van der Waals surface area contributed by atoms with Gasteiger partial charge in [-0.05, 0) is 49.2 Å². The van der Waals surface area contributed by atoms with E-state index >= 15 is 0 Å². The fourth-order valence-corrected chi connectivity index (χ4v) is 1.76. The highest BCUT2D eigenvalue weighted by molar-refractivity contribution is 5.94. The highest BCUT2D eigenvalue weighted by atomic mass is 19.1. The fraction of sp³-hybridized carbons (Fsp3) is 0.188. The van der Waals surface area contributed by atoms with E-state index in [0.717, 1.165) is 11.1 Å². The molecule has 0 unspecified atom stereocenters. The Labute approximate surface area is 111 Å². The molecule has 19 heavy (non-hydrogen) atoms. The number of halogens is 1. The summed E-state index contributed by atoms with van der Waals surface area (Å²) in [5, 5.41) is 0. The molecule has 0 saturated carbocycles. The van der Waals surface area contributed by atoms with Crippen LogP contribution >= 0.6 is 0 Å². The first-order valence-corrected chi connectivity index (χ1v) is 6.05. The molecule has 0 aliphatic rings. The first-order chi connectivity index (χ1) is 9.06. The molecule has 0 radical (unpaired) electrons. The molecule has 2 nitrogen and oxygen atoms in total. The maximum absolute atomic E-state index is 13.1. The molecular formula is C16H15FO2. The minimum absolute atomic E-state index is 0.00705. The standard InChI is InChI=1S/C16H15FO2/c1-11-6-7-15(17)8-14(11)10-19-16-5-3-4-13(9-16)12(2)18/h3-9H,10H2,1-2H3. The van der Waals surface area contributed by atoms with Gasteiger partial charge < -0.3 is 4.74 Å². The van der Waals surface area contributed by atoms with E-state index in [4.69, 9.17) is 4.74 Å². The zero-order chi connectivity index (χ0) is 13.8. The number of ether oxygens (including phenoxy) is 1. The monoisotopic (exact) mass is 258 g/mol. The highest BCUT2D eigenvalue weighted by Crippen LogP contribution is 2.17. The van der Waals surface area contributed by atoms with Crippen LogP contribution in [0.4, 0.5) is 4.39 Å². The number of carbonyl (C=O) groups excluding carboxylic acids is 1. The van der Waals surface area contributed by atoms with Gasteiger partial charge in [0.15, 0.2) is 5.78 Å². The van der Waals surface area contributed by atoms with Crippen molar-refractivity contribution < 1.29 is 13.9 Å². The molecule has 0 amide bonds. The van der Waals surface area contributed by atoms with Gasteiger partial charge in [0.2, 0.25) is 0 Å². The summed E-state index contributed by atoms with van der Waals surface area (Å²) in [6.45, 7) is 3.70. The molecular weight excluding hydrogens is 243 g/mol. The predicted molar refractivity (Wildman–Crippen MR) is 71.9 cm³/mol. The van der Waals surface area contributed by atoms with Crippen LogP contribution in [0.1, 0.15) is 28.4 Å². The lowest BCUT2D eigenvalue weighted by molar-refractivity contribution is 0.101. The number of hydrogen-bond donors (Lipinski definition) is 0. The van der Waals surface area contributed by atoms with E-state index in [2.05, 4.69) is 0 Å². The van der Waals surface area contributed by atoms with E-state index in [0.29, 0.717) is 11.3 Å². The molecule has 0 atom stereocenters. The molecule has 0 aromatic heterocycles. The largest absolute Gasteiger partial charge is 0.489 e. The van der Waals surface area contributed by atoms with Crippen molar-refractivity contribution in [2.45, 2.75) is 20.5 Å². The summed E-state index contributed by atoms with van der Waals surface area (Å²) in [4.78, 5) is 11.3. The number of ketones is 1. The van der Waals surface area contributed by atoms with E-state index in [-0.39, 0.29) is 18.2 Å². The average Bonchev–Trinajstić information content (AvgIpc) is 2.40. The summed E-state index contributed by atoms with van der Waals surface area (Å²) in [5.41, 5.74) is 2.38. The summed E-state index contributed by atoms with van der Waals surface area (Å²) in [7, 11) is 0. The minimum Gasteiger partial charge on any atom is -0.489 e. The summed E-state index contributed by atoms with van der Waals surface area (Å²) in [5.74, 6) is 0.324. The third kappa shape index (κ3) is 3.41. The summed E-state index contributed by atoms with van der Waals surface area (Å²) in [6.07, 6.45) is 0. The zero-order valence-electron chi connectivity index (χ0n) is 10.9. The molecule has 98 valence electrons. The Hall–Kier alpha value is -2.16. The summed E-state index contributed by atoms with van der Waals surface area (Å²) in [6, 6.07) is 11.6. The van der Waals surface area contributed by atoms with Gasteiger partial charge in [0.1, 0.15) is 18.2 Å². The lowest BCUT2D eigenvalue weighted by Crippen LogP contribution is -2.00. The number of carbonyl (C=O) groups is 1. The quantitative estimate of drug-likeness (QED) is 0.777. The highest BCUT2D eigenvalue weighted by Gasteiger charge is 2.04. The van der Waals surface area contributed by atoms with Gasteiger partial charge in [-0.2, -0.15) is 0 Å². The molecule has 0 saturated heterocycles. The second kappa shape index (κ2) is 5.65. The van der Waals surface area contributed by atoms with E-state index in [9.17, 15) is 9.18 Å². The predicted octanol–water partition coefficient (Wildman–Crippen LogP) is 3.92. The van der Waals surface area contributed by atoms with Crippen LogP contribution in [-0.4, -0.2) is 5.78 Å². The van der Waals surface area contributed by atoms with Crippen molar-refractivity contribution in [1.29, 1.82) is 0 Å². The fourth-order valence-electron chi connectivity index (χ4n) is 1.76. The van der Waals surface area contributed by atoms with Crippen molar-refractivity contribution in [2.75, 3.05) is 0 Å². The van der Waals surface area contributed by atoms with Gasteiger partial charge in [-0.25, -0.2) is 4.39 Å². The van der Waals surface area contributed by atoms with Crippen LogP contribution in [0.15, 0.2) is 42.5 Å². The second-order valence-electron chi connectivity index (χ2n) is 4.44. The molecule has 0 N–H and O–H groups in total. The molecule has 0 spiro atoms.